The Bertz CT molecular complexity index is 757. The molecule has 0 spiro atoms. The summed E-state index contributed by atoms with van der Waals surface area (Å²) in [6.07, 6.45) is 1.26. The summed E-state index contributed by atoms with van der Waals surface area (Å²) in [5, 5.41) is 4.57. The van der Waals surface area contributed by atoms with Crippen molar-refractivity contribution in [1.82, 2.24) is 4.90 Å². The number of rotatable bonds is 5. The summed E-state index contributed by atoms with van der Waals surface area (Å²) < 4.78 is 0. The van der Waals surface area contributed by atoms with E-state index in [4.69, 9.17) is 23.2 Å². The number of anilines is 2. The van der Waals surface area contributed by atoms with Gasteiger partial charge in [0.2, 0.25) is 5.91 Å². The molecular formula is C19H22Cl2N2O. The third-order valence-corrected chi connectivity index (χ3v) is 4.90. The molecule has 0 radical (unpaired) electrons. The molecule has 0 aromatic heterocycles. The van der Waals surface area contributed by atoms with E-state index in [1.165, 1.54) is 5.56 Å². The maximum atomic E-state index is 12.1. The Hall–Kier alpha value is -1.71. The first kappa shape index (κ1) is 18.6. The first-order valence-corrected chi connectivity index (χ1v) is 8.62. The van der Waals surface area contributed by atoms with Crippen molar-refractivity contribution in [2.24, 2.45) is 0 Å². The van der Waals surface area contributed by atoms with E-state index in [0.717, 1.165) is 28.9 Å². The van der Waals surface area contributed by atoms with Gasteiger partial charge in [0.05, 0.1) is 17.1 Å². The van der Waals surface area contributed by atoms with Crippen molar-refractivity contribution in [3.8, 4) is 0 Å². The number of likely N-dealkylation sites (N-methyl/N-ethyl adjacent to an activating group) is 1. The van der Waals surface area contributed by atoms with Crippen LogP contribution in [0.4, 0.5) is 11.4 Å². The zero-order valence-corrected chi connectivity index (χ0v) is 15.9. The summed E-state index contributed by atoms with van der Waals surface area (Å²) in [6, 6.07) is 9.79. The van der Waals surface area contributed by atoms with Crippen LogP contribution in [0.1, 0.15) is 23.6 Å². The Morgan fingerprint density at radius 1 is 1.12 bits per heavy atom. The minimum absolute atomic E-state index is 0.0599. The van der Waals surface area contributed by atoms with Gasteiger partial charge in [-0.15, -0.1) is 0 Å². The Balaban J connectivity index is 2.39. The topological polar surface area (TPSA) is 32.3 Å². The summed E-state index contributed by atoms with van der Waals surface area (Å²) in [6.45, 7) is 3.98. The SMILES string of the molecule is CCc1ccc(Nc2ccc(Cl)c(C)c2Cl)c(CC(=O)N(C)C)c1. The van der Waals surface area contributed by atoms with Gasteiger partial charge >= 0.3 is 0 Å². The molecule has 1 N–H and O–H groups in total. The van der Waals surface area contributed by atoms with E-state index in [-0.39, 0.29) is 5.91 Å². The maximum absolute atomic E-state index is 12.1. The third-order valence-electron chi connectivity index (χ3n) is 4.01. The number of benzene rings is 2. The highest BCUT2D eigenvalue weighted by Crippen LogP contribution is 2.34. The average molecular weight is 365 g/mol. The van der Waals surface area contributed by atoms with E-state index in [1.54, 1.807) is 19.0 Å². The van der Waals surface area contributed by atoms with Gasteiger partial charge in [0, 0.05) is 24.8 Å². The maximum Gasteiger partial charge on any atom is 0.226 e. The lowest BCUT2D eigenvalue weighted by Crippen LogP contribution is -2.23. The quantitative estimate of drug-likeness (QED) is 0.786. The van der Waals surface area contributed by atoms with Crippen molar-refractivity contribution < 1.29 is 4.79 Å². The number of hydrogen-bond acceptors (Lipinski definition) is 2. The van der Waals surface area contributed by atoms with Crippen LogP contribution in [0.3, 0.4) is 0 Å². The standard InChI is InChI=1S/C19H22Cl2N2O/c1-5-13-6-8-16(14(10-13)11-18(24)23(3)4)22-17-9-7-15(20)12(2)19(17)21/h6-10,22H,5,11H2,1-4H3. The van der Waals surface area contributed by atoms with Gasteiger partial charge in [0.15, 0.2) is 0 Å². The van der Waals surface area contributed by atoms with Crippen LogP contribution in [0, 0.1) is 6.92 Å². The lowest BCUT2D eigenvalue weighted by Gasteiger charge is -2.17. The Labute approximate surface area is 153 Å². The first-order chi connectivity index (χ1) is 11.3. The molecule has 0 aliphatic rings. The number of carbonyl (C=O) groups excluding carboxylic acids is 1. The van der Waals surface area contributed by atoms with E-state index in [9.17, 15) is 4.79 Å². The average Bonchev–Trinajstić information content (AvgIpc) is 2.56. The fraction of sp³-hybridized carbons (Fsp3) is 0.316. The molecule has 0 unspecified atom stereocenters. The molecule has 0 fully saturated rings. The Kier molecular flexibility index (Phi) is 6.14. The predicted octanol–water partition coefficient (Wildman–Crippen LogP) is 5.24. The number of halogens is 2. The zero-order valence-electron chi connectivity index (χ0n) is 14.4. The van der Waals surface area contributed by atoms with Crippen LogP contribution in [0.25, 0.3) is 0 Å². The lowest BCUT2D eigenvalue weighted by molar-refractivity contribution is -0.127. The number of amides is 1. The van der Waals surface area contributed by atoms with Crippen LogP contribution in [0.5, 0.6) is 0 Å². The Morgan fingerprint density at radius 3 is 2.42 bits per heavy atom. The molecule has 0 atom stereocenters. The highest BCUT2D eigenvalue weighted by molar-refractivity contribution is 6.37. The molecule has 0 saturated heterocycles. The molecule has 2 aromatic rings. The molecule has 2 aromatic carbocycles. The Morgan fingerprint density at radius 2 is 1.79 bits per heavy atom. The van der Waals surface area contributed by atoms with Gasteiger partial charge in [0.1, 0.15) is 0 Å². The van der Waals surface area contributed by atoms with Crippen molar-refractivity contribution in [2.45, 2.75) is 26.7 Å². The van der Waals surface area contributed by atoms with Gasteiger partial charge in [-0.05, 0) is 48.2 Å². The summed E-state index contributed by atoms with van der Waals surface area (Å²) in [5.74, 6) is 0.0599. The van der Waals surface area contributed by atoms with Crippen LogP contribution in [-0.2, 0) is 17.6 Å². The molecule has 128 valence electrons. The molecular weight excluding hydrogens is 343 g/mol. The summed E-state index contributed by atoms with van der Waals surface area (Å²) >= 11 is 12.5. The highest BCUT2D eigenvalue weighted by Gasteiger charge is 2.13. The summed E-state index contributed by atoms with van der Waals surface area (Å²) in [4.78, 5) is 13.7. The fourth-order valence-corrected chi connectivity index (χ4v) is 2.78. The van der Waals surface area contributed by atoms with Gasteiger partial charge in [0.25, 0.3) is 0 Å². The van der Waals surface area contributed by atoms with E-state index in [2.05, 4.69) is 24.4 Å². The summed E-state index contributed by atoms with van der Waals surface area (Å²) in [7, 11) is 3.52. The molecule has 2 rings (SSSR count). The molecule has 5 heteroatoms. The minimum atomic E-state index is 0.0599. The molecule has 24 heavy (non-hydrogen) atoms. The summed E-state index contributed by atoms with van der Waals surface area (Å²) in [5.41, 5.74) is 4.64. The van der Waals surface area contributed by atoms with Crippen LogP contribution < -0.4 is 5.32 Å². The van der Waals surface area contributed by atoms with Crippen molar-refractivity contribution in [2.75, 3.05) is 19.4 Å². The number of carbonyl (C=O) groups is 1. The highest BCUT2D eigenvalue weighted by atomic mass is 35.5. The minimum Gasteiger partial charge on any atom is -0.354 e. The van der Waals surface area contributed by atoms with Crippen LogP contribution >= 0.6 is 23.2 Å². The smallest absolute Gasteiger partial charge is 0.226 e. The van der Waals surface area contributed by atoms with E-state index >= 15 is 0 Å². The van der Waals surface area contributed by atoms with Crippen molar-refractivity contribution in [3.05, 3.63) is 57.1 Å². The van der Waals surface area contributed by atoms with Gasteiger partial charge < -0.3 is 10.2 Å². The van der Waals surface area contributed by atoms with Gasteiger partial charge in [-0.1, -0.05) is 42.3 Å². The fourth-order valence-electron chi connectivity index (χ4n) is 2.36. The lowest BCUT2D eigenvalue weighted by atomic mass is 10.0. The van der Waals surface area contributed by atoms with Gasteiger partial charge in [-0.25, -0.2) is 0 Å². The van der Waals surface area contributed by atoms with Gasteiger partial charge in [-0.2, -0.15) is 0 Å². The second-order valence-electron chi connectivity index (χ2n) is 5.97. The molecule has 1 amide bonds. The molecule has 0 heterocycles. The van der Waals surface area contributed by atoms with E-state index < -0.39 is 0 Å². The zero-order chi connectivity index (χ0) is 17.9. The monoisotopic (exact) mass is 364 g/mol. The number of nitrogens with zero attached hydrogens (tertiary/aromatic N) is 1. The number of hydrogen-bond donors (Lipinski definition) is 1. The first-order valence-electron chi connectivity index (χ1n) is 7.87. The van der Waals surface area contributed by atoms with Crippen molar-refractivity contribution in [3.63, 3.8) is 0 Å². The molecule has 0 bridgehead atoms. The van der Waals surface area contributed by atoms with E-state index in [1.807, 2.05) is 25.1 Å². The second kappa shape index (κ2) is 7.91. The van der Waals surface area contributed by atoms with Gasteiger partial charge in [-0.3, -0.25) is 4.79 Å². The second-order valence-corrected chi connectivity index (χ2v) is 6.75. The molecule has 0 aliphatic carbocycles. The van der Waals surface area contributed by atoms with Crippen LogP contribution in [0.2, 0.25) is 10.0 Å². The number of aryl methyl sites for hydroxylation is 1. The molecule has 0 aliphatic heterocycles. The van der Waals surface area contributed by atoms with Crippen molar-refractivity contribution in [1.29, 1.82) is 0 Å². The van der Waals surface area contributed by atoms with E-state index in [0.29, 0.717) is 16.5 Å². The van der Waals surface area contributed by atoms with Crippen molar-refractivity contribution >= 4 is 40.5 Å². The van der Waals surface area contributed by atoms with Crippen LogP contribution in [-0.4, -0.2) is 24.9 Å². The molecule has 0 saturated carbocycles. The third kappa shape index (κ3) is 4.22. The predicted molar refractivity (Wildman–Crippen MR) is 103 cm³/mol. The normalized spacial score (nSPS) is 10.6. The molecule has 3 nitrogen and oxygen atoms in total. The van der Waals surface area contributed by atoms with Crippen LogP contribution in [0.15, 0.2) is 30.3 Å². The largest absolute Gasteiger partial charge is 0.354 e. The number of nitrogens with one attached hydrogen (secondary N) is 1.